The molecular weight excluding hydrogens is 444 g/mol. The fraction of sp³-hybridized carbons (Fsp3) is 0.690. The number of hydrogen-bond acceptors (Lipinski definition) is 6. The lowest BCUT2D eigenvalue weighted by molar-refractivity contribution is -0.142. The van der Waals surface area contributed by atoms with Gasteiger partial charge in [0.05, 0.1) is 37.4 Å². The van der Waals surface area contributed by atoms with E-state index in [4.69, 9.17) is 9.47 Å². The van der Waals surface area contributed by atoms with Gasteiger partial charge in [0, 0.05) is 0 Å². The van der Waals surface area contributed by atoms with Crippen LogP contribution < -0.4 is 0 Å². The minimum Gasteiger partial charge on any atom is -0.469 e. The van der Waals surface area contributed by atoms with Crippen molar-refractivity contribution in [1.29, 1.82) is 0 Å². The van der Waals surface area contributed by atoms with E-state index in [9.17, 15) is 14.4 Å². The molecule has 0 saturated heterocycles. The SMILES string of the molecule is CCCCCCCCOC(=O)c1ccccc1C(=O)OCCCCCCCC.COC(=O)C1CC1. The van der Waals surface area contributed by atoms with Crippen LogP contribution in [0.3, 0.4) is 0 Å². The van der Waals surface area contributed by atoms with E-state index in [2.05, 4.69) is 18.6 Å². The number of unbranched alkanes of at least 4 members (excludes halogenated alkanes) is 10. The van der Waals surface area contributed by atoms with E-state index in [0.717, 1.165) is 38.5 Å². The molecule has 6 nitrogen and oxygen atoms in total. The average molecular weight is 491 g/mol. The van der Waals surface area contributed by atoms with Crippen LogP contribution in [-0.4, -0.2) is 38.2 Å². The predicted molar refractivity (Wildman–Crippen MR) is 138 cm³/mol. The Morgan fingerprint density at radius 2 is 1.09 bits per heavy atom. The van der Waals surface area contributed by atoms with Gasteiger partial charge in [-0.1, -0.05) is 90.2 Å². The average Bonchev–Trinajstić information content (AvgIpc) is 3.73. The molecule has 198 valence electrons. The predicted octanol–water partition coefficient (Wildman–Crippen LogP) is 7.29. The lowest BCUT2D eigenvalue weighted by atomic mass is 10.1. The highest BCUT2D eigenvalue weighted by molar-refractivity contribution is 6.03. The molecule has 1 aliphatic rings. The second-order valence-electron chi connectivity index (χ2n) is 9.15. The Morgan fingerprint density at radius 3 is 1.43 bits per heavy atom. The van der Waals surface area contributed by atoms with Gasteiger partial charge in [0.2, 0.25) is 0 Å². The van der Waals surface area contributed by atoms with Crippen LogP contribution in [0.4, 0.5) is 0 Å². The second-order valence-corrected chi connectivity index (χ2v) is 9.15. The third-order valence-corrected chi connectivity index (χ3v) is 5.94. The molecule has 0 aromatic heterocycles. The quantitative estimate of drug-likeness (QED) is 0.130. The maximum Gasteiger partial charge on any atom is 0.339 e. The molecule has 6 heteroatoms. The van der Waals surface area contributed by atoms with E-state index in [0.29, 0.717) is 24.3 Å². The summed E-state index contributed by atoms with van der Waals surface area (Å²) in [4.78, 5) is 35.1. The summed E-state index contributed by atoms with van der Waals surface area (Å²) in [5.41, 5.74) is 0.586. The van der Waals surface area contributed by atoms with Gasteiger partial charge in [0.1, 0.15) is 0 Å². The van der Waals surface area contributed by atoms with Gasteiger partial charge in [-0.2, -0.15) is 0 Å². The number of ether oxygens (including phenoxy) is 3. The Kier molecular flexibility index (Phi) is 17.4. The zero-order chi connectivity index (χ0) is 25.7. The second kappa shape index (κ2) is 19.9. The maximum absolute atomic E-state index is 12.4. The Hall–Kier alpha value is -2.37. The van der Waals surface area contributed by atoms with E-state index in [1.165, 1.54) is 58.5 Å². The molecule has 2 rings (SSSR count). The molecule has 0 amide bonds. The van der Waals surface area contributed by atoms with E-state index in [1.54, 1.807) is 24.3 Å². The molecule has 0 radical (unpaired) electrons. The van der Waals surface area contributed by atoms with Crippen LogP contribution >= 0.6 is 0 Å². The lowest BCUT2D eigenvalue weighted by Crippen LogP contribution is -2.15. The first-order chi connectivity index (χ1) is 17.0. The third kappa shape index (κ3) is 14.6. The molecule has 0 atom stereocenters. The van der Waals surface area contributed by atoms with E-state index in [-0.39, 0.29) is 11.9 Å². The highest BCUT2D eigenvalue weighted by atomic mass is 16.5. The van der Waals surface area contributed by atoms with Gasteiger partial charge < -0.3 is 14.2 Å². The third-order valence-electron chi connectivity index (χ3n) is 5.94. The first kappa shape index (κ1) is 30.7. The fourth-order valence-corrected chi connectivity index (χ4v) is 3.57. The van der Waals surface area contributed by atoms with Crippen LogP contribution in [0.5, 0.6) is 0 Å². The molecule has 1 aromatic carbocycles. The molecule has 0 heterocycles. The minimum absolute atomic E-state index is 0.0417. The van der Waals surface area contributed by atoms with Gasteiger partial charge in [-0.05, 0) is 37.8 Å². The van der Waals surface area contributed by atoms with Crippen LogP contribution in [0, 0.1) is 5.92 Å². The van der Waals surface area contributed by atoms with E-state index >= 15 is 0 Å². The van der Waals surface area contributed by atoms with Gasteiger partial charge in [-0.15, -0.1) is 0 Å². The molecule has 1 aromatic rings. The molecule has 0 spiro atoms. The lowest BCUT2D eigenvalue weighted by Gasteiger charge is -2.10. The normalized spacial score (nSPS) is 12.3. The molecular formula is C29H46O6. The summed E-state index contributed by atoms with van der Waals surface area (Å²) in [6, 6.07) is 6.74. The molecule has 0 unspecified atom stereocenters. The van der Waals surface area contributed by atoms with Gasteiger partial charge in [0.25, 0.3) is 0 Å². The van der Waals surface area contributed by atoms with Crippen molar-refractivity contribution >= 4 is 17.9 Å². The summed E-state index contributed by atoms with van der Waals surface area (Å²) in [5, 5.41) is 0. The number of benzene rings is 1. The van der Waals surface area contributed by atoms with Crippen LogP contribution in [-0.2, 0) is 19.0 Å². The van der Waals surface area contributed by atoms with Crippen molar-refractivity contribution in [3.8, 4) is 0 Å². The molecule has 1 fully saturated rings. The Balaban J connectivity index is 0.000000744. The summed E-state index contributed by atoms with van der Waals surface area (Å²) in [6.07, 6.45) is 15.7. The monoisotopic (exact) mass is 490 g/mol. The number of hydrogen-bond donors (Lipinski definition) is 0. The summed E-state index contributed by atoms with van der Waals surface area (Å²) in [5.74, 6) is -0.675. The Bertz CT molecular complexity index is 677. The highest BCUT2D eigenvalue weighted by Gasteiger charge is 2.30. The zero-order valence-electron chi connectivity index (χ0n) is 22.1. The summed E-state index contributed by atoms with van der Waals surface area (Å²) < 4.78 is 15.2. The molecule has 0 aliphatic heterocycles. The molecule has 35 heavy (non-hydrogen) atoms. The number of rotatable bonds is 17. The number of carbonyl (C=O) groups is 3. The van der Waals surface area contributed by atoms with Crippen LogP contribution in [0.1, 0.15) is 124 Å². The van der Waals surface area contributed by atoms with E-state index in [1.807, 2.05) is 0 Å². The number of esters is 3. The van der Waals surface area contributed by atoms with Crippen molar-refractivity contribution in [1.82, 2.24) is 0 Å². The van der Waals surface area contributed by atoms with Crippen LogP contribution in [0.25, 0.3) is 0 Å². The summed E-state index contributed by atoms with van der Waals surface area (Å²) in [6.45, 7) is 5.17. The molecule has 0 N–H and O–H groups in total. The molecule has 1 saturated carbocycles. The molecule has 1 aliphatic carbocycles. The van der Waals surface area contributed by atoms with Gasteiger partial charge >= 0.3 is 17.9 Å². The van der Waals surface area contributed by atoms with Crippen molar-refractivity contribution in [2.75, 3.05) is 20.3 Å². The largest absolute Gasteiger partial charge is 0.469 e. The zero-order valence-corrected chi connectivity index (χ0v) is 22.1. The standard InChI is InChI=1S/C24H38O4.C5H8O2/c1-3-5-7-9-11-15-19-27-23(25)21-17-13-14-18-22(21)24(26)28-20-16-12-10-8-6-4-2;1-7-5(6)4-2-3-4/h13-14,17-18H,3-12,15-16,19-20H2,1-2H3;4H,2-3H2,1H3. The minimum atomic E-state index is -0.444. The van der Waals surface area contributed by atoms with Crippen molar-refractivity contribution in [3.05, 3.63) is 35.4 Å². The van der Waals surface area contributed by atoms with Crippen molar-refractivity contribution in [3.63, 3.8) is 0 Å². The van der Waals surface area contributed by atoms with Crippen molar-refractivity contribution < 1.29 is 28.6 Å². The Morgan fingerprint density at radius 1 is 0.686 bits per heavy atom. The summed E-state index contributed by atoms with van der Waals surface area (Å²) >= 11 is 0. The van der Waals surface area contributed by atoms with Crippen LogP contribution in [0.15, 0.2) is 24.3 Å². The topological polar surface area (TPSA) is 78.9 Å². The van der Waals surface area contributed by atoms with Gasteiger partial charge in [-0.3, -0.25) is 4.79 Å². The first-order valence-electron chi connectivity index (χ1n) is 13.6. The first-order valence-corrected chi connectivity index (χ1v) is 13.6. The summed E-state index contributed by atoms with van der Waals surface area (Å²) in [7, 11) is 1.43. The van der Waals surface area contributed by atoms with Gasteiger partial charge in [0.15, 0.2) is 0 Å². The van der Waals surface area contributed by atoms with E-state index < -0.39 is 11.9 Å². The van der Waals surface area contributed by atoms with Gasteiger partial charge in [-0.25, -0.2) is 9.59 Å². The number of carbonyl (C=O) groups excluding carboxylic acids is 3. The highest BCUT2D eigenvalue weighted by Crippen LogP contribution is 2.29. The Labute approximate surface area is 212 Å². The van der Waals surface area contributed by atoms with Crippen molar-refractivity contribution in [2.45, 2.75) is 104 Å². The maximum atomic E-state index is 12.4. The van der Waals surface area contributed by atoms with Crippen molar-refractivity contribution in [2.24, 2.45) is 5.92 Å². The number of methoxy groups -OCH3 is 1. The molecule has 0 bridgehead atoms. The smallest absolute Gasteiger partial charge is 0.339 e. The van der Waals surface area contributed by atoms with Crippen LogP contribution in [0.2, 0.25) is 0 Å². The fourth-order valence-electron chi connectivity index (χ4n) is 3.57.